The van der Waals surface area contributed by atoms with Crippen LogP contribution in [0.2, 0.25) is 5.15 Å². The fraction of sp³-hybridized carbons (Fsp3) is 0.600. The van der Waals surface area contributed by atoms with Gasteiger partial charge in [-0.05, 0) is 53.8 Å². The van der Waals surface area contributed by atoms with Gasteiger partial charge in [0.2, 0.25) is 0 Å². The summed E-state index contributed by atoms with van der Waals surface area (Å²) in [5, 5.41) is 3.18. The van der Waals surface area contributed by atoms with E-state index in [1.807, 2.05) is 0 Å². The third-order valence-electron chi connectivity index (χ3n) is 3.68. The van der Waals surface area contributed by atoms with Crippen molar-refractivity contribution < 1.29 is 4.79 Å². The number of hydrogen-bond donors (Lipinski definition) is 1. The van der Waals surface area contributed by atoms with E-state index in [9.17, 15) is 4.79 Å². The number of pyridine rings is 1. The van der Waals surface area contributed by atoms with E-state index in [0.29, 0.717) is 18.0 Å². The number of carbonyl (C=O) groups excluding carboxylic acids is 1. The van der Waals surface area contributed by atoms with Crippen LogP contribution in [-0.4, -0.2) is 42.0 Å². The molecule has 1 saturated heterocycles. The molecule has 1 fully saturated rings. The topological polar surface area (TPSA) is 45.2 Å². The first-order valence-corrected chi connectivity index (χ1v) is 8.55. The Morgan fingerprint density at radius 3 is 2.90 bits per heavy atom. The molecule has 116 valence electrons. The maximum absolute atomic E-state index is 12.1. The van der Waals surface area contributed by atoms with Crippen LogP contribution in [0, 0.1) is 5.92 Å². The van der Waals surface area contributed by atoms with Crippen LogP contribution in [0.4, 0.5) is 0 Å². The summed E-state index contributed by atoms with van der Waals surface area (Å²) in [4.78, 5) is 18.6. The minimum absolute atomic E-state index is 0.167. The summed E-state index contributed by atoms with van der Waals surface area (Å²) in [5.41, 5.74) is 0.413. The van der Waals surface area contributed by atoms with Crippen LogP contribution in [0.25, 0.3) is 0 Å². The second-order valence-electron chi connectivity index (χ2n) is 5.67. The quantitative estimate of drug-likeness (QED) is 0.804. The normalized spacial score (nSPS) is 17.5. The minimum atomic E-state index is -0.167. The van der Waals surface area contributed by atoms with E-state index in [0.717, 1.165) is 11.0 Å². The van der Waals surface area contributed by atoms with E-state index in [1.54, 1.807) is 12.3 Å². The molecule has 0 saturated carbocycles. The van der Waals surface area contributed by atoms with Gasteiger partial charge in [-0.25, -0.2) is 4.98 Å². The molecule has 4 nitrogen and oxygen atoms in total. The minimum Gasteiger partial charge on any atom is -0.352 e. The third-order valence-corrected chi connectivity index (χ3v) is 4.41. The first-order valence-electron chi connectivity index (χ1n) is 7.38. The molecule has 1 aliphatic rings. The Balaban J connectivity index is 1.81. The Morgan fingerprint density at radius 2 is 2.19 bits per heavy atom. The number of aromatic nitrogens is 1. The second-order valence-corrected chi connectivity index (χ2v) is 6.94. The molecular weight excluding hydrogens is 354 g/mol. The van der Waals surface area contributed by atoms with E-state index in [4.69, 9.17) is 11.6 Å². The zero-order valence-corrected chi connectivity index (χ0v) is 14.6. The number of nitrogens with zero attached hydrogens (tertiary/aromatic N) is 2. The second kappa shape index (κ2) is 8.11. The average molecular weight is 375 g/mol. The van der Waals surface area contributed by atoms with Gasteiger partial charge in [-0.3, -0.25) is 4.79 Å². The Bertz CT molecular complexity index is 492. The SMILES string of the molecule is CC(CNC(=O)c1cc(Br)cnc1Cl)CN1CCCCC1. The lowest BCUT2D eigenvalue weighted by Crippen LogP contribution is -2.38. The Labute approximate surface area is 139 Å². The molecule has 0 aliphatic carbocycles. The highest BCUT2D eigenvalue weighted by molar-refractivity contribution is 9.10. The van der Waals surface area contributed by atoms with Gasteiger partial charge in [-0.1, -0.05) is 24.9 Å². The molecule has 1 unspecified atom stereocenters. The fourth-order valence-corrected chi connectivity index (χ4v) is 3.11. The highest BCUT2D eigenvalue weighted by atomic mass is 79.9. The highest BCUT2D eigenvalue weighted by Crippen LogP contribution is 2.18. The monoisotopic (exact) mass is 373 g/mol. The van der Waals surface area contributed by atoms with Gasteiger partial charge in [-0.15, -0.1) is 0 Å². The summed E-state index contributed by atoms with van der Waals surface area (Å²) in [6.45, 7) is 6.21. The molecule has 0 spiro atoms. The van der Waals surface area contributed by atoms with Crippen LogP contribution < -0.4 is 5.32 Å². The molecule has 1 N–H and O–H groups in total. The number of halogens is 2. The first-order chi connectivity index (χ1) is 10.1. The standard InChI is InChI=1S/C15H21BrClN3O/c1-11(10-20-5-3-2-4-6-20)8-19-15(21)13-7-12(16)9-18-14(13)17/h7,9,11H,2-6,8,10H2,1H3,(H,19,21). The number of likely N-dealkylation sites (tertiary alicyclic amines) is 1. The van der Waals surface area contributed by atoms with Crippen molar-refractivity contribution in [1.29, 1.82) is 0 Å². The largest absolute Gasteiger partial charge is 0.352 e. The summed E-state index contributed by atoms with van der Waals surface area (Å²) in [5.74, 6) is 0.255. The molecule has 1 aliphatic heterocycles. The van der Waals surface area contributed by atoms with Gasteiger partial charge in [-0.2, -0.15) is 0 Å². The molecule has 0 aromatic carbocycles. The maximum Gasteiger partial charge on any atom is 0.254 e. The molecule has 0 radical (unpaired) electrons. The summed E-state index contributed by atoms with van der Waals surface area (Å²) in [7, 11) is 0. The van der Waals surface area contributed by atoms with Gasteiger partial charge in [0.1, 0.15) is 5.15 Å². The first kappa shape index (κ1) is 16.7. The van der Waals surface area contributed by atoms with Crippen LogP contribution in [0.1, 0.15) is 36.5 Å². The van der Waals surface area contributed by atoms with Crippen LogP contribution in [-0.2, 0) is 0 Å². The van der Waals surface area contributed by atoms with Gasteiger partial charge < -0.3 is 10.2 Å². The Kier molecular flexibility index (Phi) is 6.45. The highest BCUT2D eigenvalue weighted by Gasteiger charge is 2.16. The van der Waals surface area contributed by atoms with Crippen LogP contribution in [0.5, 0.6) is 0 Å². The van der Waals surface area contributed by atoms with Gasteiger partial charge in [0.25, 0.3) is 5.91 Å². The van der Waals surface area contributed by atoms with Gasteiger partial charge in [0, 0.05) is 23.8 Å². The Hall–Kier alpha value is -0.650. The number of amides is 1. The smallest absolute Gasteiger partial charge is 0.254 e. The fourth-order valence-electron chi connectivity index (χ4n) is 2.59. The third kappa shape index (κ3) is 5.24. The van der Waals surface area contributed by atoms with Crippen LogP contribution in [0.3, 0.4) is 0 Å². The summed E-state index contributed by atoms with van der Waals surface area (Å²) >= 11 is 9.26. The van der Waals surface area contributed by atoms with Gasteiger partial charge in [0.05, 0.1) is 5.56 Å². The van der Waals surface area contributed by atoms with Crippen molar-refractivity contribution in [3.05, 3.63) is 27.5 Å². The van der Waals surface area contributed by atoms with Crippen LogP contribution in [0.15, 0.2) is 16.7 Å². The number of hydrogen-bond acceptors (Lipinski definition) is 3. The van der Waals surface area contributed by atoms with Crippen molar-refractivity contribution in [2.45, 2.75) is 26.2 Å². The van der Waals surface area contributed by atoms with E-state index < -0.39 is 0 Å². The maximum atomic E-state index is 12.1. The molecule has 2 rings (SSSR count). The lowest BCUT2D eigenvalue weighted by atomic mass is 10.1. The lowest BCUT2D eigenvalue weighted by molar-refractivity contribution is 0.0942. The molecule has 21 heavy (non-hydrogen) atoms. The predicted molar refractivity (Wildman–Crippen MR) is 88.7 cm³/mol. The number of piperidine rings is 1. The van der Waals surface area contributed by atoms with Crippen molar-refractivity contribution in [2.24, 2.45) is 5.92 Å². The lowest BCUT2D eigenvalue weighted by Gasteiger charge is -2.29. The molecule has 1 aromatic rings. The average Bonchev–Trinajstić information content (AvgIpc) is 2.48. The number of carbonyl (C=O) groups is 1. The molecule has 6 heteroatoms. The predicted octanol–water partition coefficient (Wildman–Crippen LogP) is 3.35. The van der Waals surface area contributed by atoms with Gasteiger partial charge in [0.15, 0.2) is 0 Å². The molecule has 2 heterocycles. The van der Waals surface area contributed by atoms with Crippen LogP contribution >= 0.6 is 27.5 Å². The van der Waals surface area contributed by atoms with Crippen molar-refractivity contribution in [2.75, 3.05) is 26.2 Å². The van der Waals surface area contributed by atoms with Gasteiger partial charge >= 0.3 is 0 Å². The van der Waals surface area contributed by atoms with Crippen molar-refractivity contribution in [1.82, 2.24) is 15.2 Å². The summed E-state index contributed by atoms with van der Waals surface area (Å²) in [6, 6.07) is 1.69. The molecule has 1 aromatic heterocycles. The van der Waals surface area contributed by atoms with Crippen molar-refractivity contribution in [3.63, 3.8) is 0 Å². The molecule has 1 atom stereocenters. The number of nitrogens with one attached hydrogen (secondary N) is 1. The molecular formula is C15H21BrClN3O. The molecule has 0 bridgehead atoms. The Morgan fingerprint density at radius 1 is 1.48 bits per heavy atom. The zero-order chi connectivity index (χ0) is 15.2. The van der Waals surface area contributed by atoms with E-state index >= 15 is 0 Å². The van der Waals surface area contributed by atoms with Crippen molar-refractivity contribution in [3.8, 4) is 0 Å². The summed E-state index contributed by atoms with van der Waals surface area (Å²) < 4.78 is 0.749. The number of rotatable bonds is 5. The zero-order valence-electron chi connectivity index (χ0n) is 12.2. The molecule has 1 amide bonds. The van der Waals surface area contributed by atoms with Crippen molar-refractivity contribution >= 4 is 33.4 Å². The van der Waals surface area contributed by atoms with E-state index in [-0.39, 0.29) is 11.1 Å². The van der Waals surface area contributed by atoms with E-state index in [2.05, 4.69) is 38.1 Å². The van der Waals surface area contributed by atoms with E-state index in [1.165, 1.54) is 32.4 Å². The summed E-state index contributed by atoms with van der Waals surface area (Å²) in [6.07, 6.45) is 5.50.